The molecule has 5 heteroatoms. The van der Waals surface area contributed by atoms with Crippen molar-refractivity contribution in [3.63, 3.8) is 0 Å². The minimum absolute atomic E-state index is 0.235. The minimum Gasteiger partial charge on any atom is -0.396 e. The van der Waals surface area contributed by atoms with Crippen LogP contribution in [0.2, 0.25) is 0 Å². The molecule has 1 unspecified atom stereocenters. The molecule has 0 saturated heterocycles. The first kappa shape index (κ1) is 12.7. The molecule has 1 aromatic heterocycles. The summed E-state index contributed by atoms with van der Waals surface area (Å²) >= 11 is 0. The molecular weight excluding hydrogens is 204 g/mol. The van der Waals surface area contributed by atoms with Crippen LogP contribution in [0.4, 0.5) is 11.8 Å². The van der Waals surface area contributed by atoms with Crippen molar-refractivity contribution in [3.8, 4) is 0 Å². The van der Waals surface area contributed by atoms with E-state index in [-0.39, 0.29) is 6.61 Å². The van der Waals surface area contributed by atoms with E-state index in [1.54, 1.807) is 6.20 Å². The topological polar surface area (TPSA) is 70.1 Å². The molecule has 5 nitrogen and oxygen atoms in total. The van der Waals surface area contributed by atoms with Gasteiger partial charge >= 0.3 is 0 Å². The Hall–Kier alpha value is -1.36. The first-order valence-corrected chi connectivity index (χ1v) is 5.70. The molecule has 1 rings (SSSR count). The van der Waals surface area contributed by atoms with Crippen LogP contribution in [0.25, 0.3) is 0 Å². The van der Waals surface area contributed by atoms with Crippen LogP contribution in [0, 0.1) is 0 Å². The molecule has 1 heterocycles. The number of hydrogen-bond acceptors (Lipinski definition) is 5. The number of aliphatic hydroxyl groups is 1. The smallest absolute Gasteiger partial charge is 0.224 e. The lowest BCUT2D eigenvalue weighted by atomic mass is 10.2. The number of nitrogens with zero attached hydrogens (tertiary/aromatic N) is 2. The number of rotatable bonds is 7. The second-order valence-electron chi connectivity index (χ2n) is 3.71. The zero-order valence-corrected chi connectivity index (χ0v) is 9.90. The average molecular weight is 224 g/mol. The van der Waals surface area contributed by atoms with Crippen LogP contribution in [0.15, 0.2) is 12.3 Å². The monoisotopic (exact) mass is 224 g/mol. The van der Waals surface area contributed by atoms with Gasteiger partial charge in [-0.05, 0) is 32.8 Å². The van der Waals surface area contributed by atoms with Crippen LogP contribution in [-0.4, -0.2) is 34.3 Å². The summed E-state index contributed by atoms with van der Waals surface area (Å²) in [6, 6.07) is 2.15. The van der Waals surface area contributed by atoms with Gasteiger partial charge in [-0.15, -0.1) is 0 Å². The highest BCUT2D eigenvalue weighted by Crippen LogP contribution is 2.09. The molecule has 0 aromatic carbocycles. The highest BCUT2D eigenvalue weighted by atomic mass is 16.2. The maximum atomic E-state index is 8.73. The zero-order valence-electron chi connectivity index (χ0n) is 9.90. The zero-order chi connectivity index (χ0) is 11.8. The van der Waals surface area contributed by atoms with Crippen molar-refractivity contribution < 1.29 is 5.11 Å². The molecule has 0 amide bonds. The van der Waals surface area contributed by atoms with Gasteiger partial charge in [-0.2, -0.15) is 4.98 Å². The second kappa shape index (κ2) is 7.00. The van der Waals surface area contributed by atoms with Crippen molar-refractivity contribution >= 4 is 11.8 Å². The van der Waals surface area contributed by atoms with Crippen molar-refractivity contribution in [2.24, 2.45) is 0 Å². The Morgan fingerprint density at radius 3 is 3.00 bits per heavy atom. The molecule has 0 saturated carbocycles. The van der Waals surface area contributed by atoms with E-state index in [1.165, 1.54) is 0 Å². The van der Waals surface area contributed by atoms with Gasteiger partial charge in [0.2, 0.25) is 5.95 Å². The van der Waals surface area contributed by atoms with Crippen LogP contribution in [0.1, 0.15) is 26.7 Å². The fraction of sp³-hybridized carbons (Fsp3) is 0.636. The summed E-state index contributed by atoms with van der Waals surface area (Å²) in [5.41, 5.74) is 0. The summed E-state index contributed by atoms with van der Waals surface area (Å²) in [6.07, 6.45) is 3.46. The second-order valence-corrected chi connectivity index (χ2v) is 3.71. The third-order valence-electron chi connectivity index (χ3n) is 2.18. The van der Waals surface area contributed by atoms with Gasteiger partial charge in [-0.3, -0.25) is 0 Å². The van der Waals surface area contributed by atoms with Crippen LogP contribution in [0.5, 0.6) is 0 Å². The minimum atomic E-state index is 0.235. The van der Waals surface area contributed by atoms with Crippen molar-refractivity contribution in [2.45, 2.75) is 32.7 Å². The van der Waals surface area contributed by atoms with E-state index in [1.807, 2.05) is 13.0 Å². The van der Waals surface area contributed by atoms with Crippen LogP contribution in [-0.2, 0) is 0 Å². The molecule has 1 aromatic rings. The lowest BCUT2D eigenvalue weighted by molar-refractivity contribution is 0.282. The number of nitrogens with one attached hydrogen (secondary N) is 2. The maximum absolute atomic E-state index is 8.73. The normalized spacial score (nSPS) is 12.2. The maximum Gasteiger partial charge on any atom is 0.224 e. The summed E-state index contributed by atoms with van der Waals surface area (Å²) in [4.78, 5) is 8.41. The molecule has 90 valence electrons. The van der Waals surface area contributed by atoms with Crippen molar-refractivity contribution in [3.05, 3.63) is 12.3 Å². The summed E-state index contributed by atoms with van der Waals surface area (Å²) in [6.45, 7) is 5.12. The van der Waals surface area contributed by atoms with Crippen molar-refractivity contribution in [2.75, 3.05) is 23.8 Å². The average Bonchev–Trinajstić information content (AvgIpc) is 2.27. The van der Waals surface area contributed by atoms with Gasteiger partial charge < -0.3 is 15.7 Å². The molecule has 1 atom stereocenters. The van der Waals surface area contributed by atoms with Gasteiger partial charge in [-0.25, -0.2) is 4.98 Å². The molecule has 0 bridgehead atoms. The third kappa shape index (κ3) is 4.44. The molecule has 0 spiro atoms. The fourth-order valence-corrected chi connectivity index (χ4v) is 1.40. The number of anilines is 2. The summed E-state index contributed by atoms with van der Waals surface area (Å²) in [5, 5.41) is 15.1. The fourth-order valence-electron chi connectivity index (χ4n) is 1.40. The van der Waals surface area contributed by atoms with Gasteiger partial charge in [0.1, 0.15) is 5.82 Å². The molecule has 0 aliphatic carbocycles. The first-order valence-electron chi connectivity index (χ1n) is 5.70. The number of aliphatic hydroxyl groups excluding tert-OH is 1. The lowest BCUT2D eigenvalue weighted by Gasteiger charge is -2.14. The van der Waals surface area contributed by atoms with Crippen LogP contribution < -0.4 is 10.6 Å². The van der Waals surface area contributed by atoms with E-state index in [9.17, 15) is 0 Å². The molecule has 0 fully saturated rings. The Morgan fingerprint density at radius 1 is 1.50 bits per heavy atom. The summed E-state index contributed by atoms with van der Waals surface area (Å²) in [5.74, 6) is 1.46. The van der Waals surface area contributed by atoms with Gasteiger partial charge in [-0.1, -0.05) is 0 Å². The van der Waals surface area contributed by atoms with Crippen molar-refractivity contribution in [1.29, 1.82) is 0 Å². The van der Waals surface area contributed by atoms with Gasteiger partial charge in [0, 0.05) is 25.4 Å². The highest BCUT2D eigenvalue weighted by molar-refractivity contribution is 5.40. The van der Waals surface area contributed by atoms with Crippen LogP contribution in [0.3, 0.4) is 0 Å². The quantitative estimate of drug-likeness (QED) is 0.654. The molecule has 0 radical (unpaired) electrons. The largest absolute Gasteiger partial charge is 0.396 e. The number of aromatic nitrogens is 2. The third-order valence-corrected chi connectivity index (χ3v) is 2.18. The SMILES string of the molecule is CCNc1nccc(NC(C)CCCO)n1. The molecule has 16 heavy (non-hydrogen) atoms. The van der Waals surface area contributed by atoms with E-state index in [2.05, 4.69) is 27.5 Å². The Kier molecular flexibility index (Phi) is 5.56. The van der Waals surface area contributed by atoms with Gasteiger partial charge in [0.15, 0.2) is 0 Å². The predicted molar refractivity (Wildman–Crippen MR) is 65.6 cm³/mol. The Labute approximate surface area is 96.3 Å². The lowest BCUT2D eigenvalue weighted by Crippen LogP contribution is -2.17. The van der Waals surface area contributed by atoms with E-state index in [4.69, 9.17) is 5.11 Å². The number of hydrogen-bond donors (Lipinski definition) is 3. The summed E-state index contributed by atoms with van der Waals surface area (Å²) in [7, 11) is 0. The first-order chi connectivity index (χ1) is 7.76. The molecular formula is C11H20N4O. The highest BCUT2D eigenvalue weighted by Gasteiger charge is 2.03. The van der Waals surface area contributed by atoms with E-state index < -0.39 is 0 Å². The van der Waals surface area contributed by atoms with Gasteiger partial charge in [0.25, 0.3) is 0 Å². The van der Waals surface area contributed by atoms with E-state index >= 15 is 0 Å². The molecule has 0 aliphatic rings. The molecule has 3 N–H and O–H groups in total. The predicted octanol–water partition coefficient (Wildman–Crippen LogP) is 1.48. The van der Waals surface area contributed by atoms with Gasteiger partial charge in [0.05, 0.1) is 0 Å². The van der Waals surface area contributed by atoms with Crippen molar-refractivity contribution in [1.82, 2.24) is 9.97 Å². The Balaban J connectivity index is 2.49. The standard InChI is InChI=1S/C11H20N4O/c1-3-12-11-13-7-6-10(15-11)14-9(2)5-4-8-16/h6-7,9,16H,3-5,8H2,1-2H3,(H2,12,13,14,15). The Morgan fingerprint density at radius 2 is 2.31 bits per heavy atom. The van der Waals surface area contributed by atoms with Crippen LogP contribution >= 0.6 is 0 Å². The Bertz CT molecular complexity index is 306. The molecule has 0 aliphatic heterocycles. The van der Waals surface area contributed by atoms with E-state index in [0.29, 0.717) is 12.0 Å². The van der Waals surface area contributed by atoms with E-state index in [0.717, 1.165) is 25.2 Å². The summed E-state index contributed by atoms with van der Waals surface area (Å²) < 4.78 is 0.